The maximum atomic E-state index is 4.96. The molecule has 0 fully saturated rings. The molecule has 0 unspecified atom stereocenters. The molecule has 0 atom stereocenters. The highest BCUT2D eigenvalue weighted by Gasteiger charge is 2.46. The summed E-state index contributed by atoms with van der Waals surface area (Å²) in [5.41, 5.74) is 14.4. The quantitative estimate of drug-likeness (QED) is 0.166. The second-order valence-corrected chi connectivity index (χ2v) is 13.9. The molecule has 55 heavy (non-hydrogen) atoms. The normalized spacial score (nSPS) is 12.5. The molecule has 4 nitrogen and oxygen atoms in total. The van der Waals surface area contributed by atoms with E-state index >= 15 is 0 Å². The fourth-order valence-corrected chi connectivity index (χ4v) is 8.14. The lowest BCUT2D eigenvalue weighted by Gasteiger charge is -2.34. The van der Waals surface area contributed by atoms with Gasteiger partial charge in [0.15, 0.2) is 17.5 Å². The number of nitrogens with zero attached hydrogens (tertiary/aromatic N) is 4. The number of hydrogen-bond donors (Lipinski definition) is 0. The van der Waals surface area contributed by atoms with E-state index in [0.717, 1.165) is 33.4 Å². The van der Waals surface area contributed by atoms with Crippen molar-refractivity contribution in [3.8, 4) is 67.5 Å². The minimum absolute atomic E-state index is 0.529. The van der Waals surface area contributed by atoms with Crippen molar-refractivity contribution < 1.29 is 0 Å². The summed E-state index contributed by atoms with van der Waals surface area (Å²) in [5.74, 6) is 1.94. The van der Waals surface area contributed by atoms with E-state index in [1.807, 2.05) is 73.1 Å². The summed E-state index contributed by atoms with van der Waals surface area (Å²) in [4.78, 5) is 19.1. The van der Waals surface area contributed by atoms with E-state index in [1.54, 1.807) is 0 Å². The van der Waals surface area contributed by atoms with Gasteiger partial charge in [0.05, 0.1) is 5.41 Å². The molecule has 0 aliphatic heterocycles. The summed E-state index contributed by atoms with van der Waals surface area (Å²) in [6, 6.07) is 68.8. The van der Waals surface area contributed by atoms with E-state index in [4.69, 9.17) is 15.0 Å². The Morgan fingerprint density at radius 3 is 1.07 bits per heavy atom. The molecule has 0 N–H and O–H groups in total. The van der Waals surface area contributed by atoms with Crippen molar-refractivity contribution in [2.75, 3.05) is 0 Å². The van der Waals surface area contributed by atoms with Crippen molar-refractivity contribution in [3.63, 3.8) is 0 Å². The van der Waals surface area contributed by atoms with E-state index in [1.165, 1.54) is 38.9 Å². The third-order valence-corrected chi connectivity index (χ3v) is 10.7. The average Bonchev–Trinajstić information content (AvgIpc) is 3.57. The Hall–Kier alpha value is -7.30. The average molecular weight is 703 g/mol. The molecule has 7 aromatic carbocycles. The van der Waals surface area contributed by atoms with Gasteiger partial charge in [-0.25, -0.2) is 15.0 Å². The van der Waals surface area contributed by atoms with Crippen molar-refractivity contribution in [3.05, 3.63) is 229 Å². The van der Waals surface area contributed by atoms with Crippen molar-refractivity contribution in [1.82, 2.24) is 19.9 Å². The fraction of sp³-hybridized carbons (Fsp3) is 0.0196. The largest absolute Gasteiger partial charge is 0.265 e. The molecular formula is C51H34N4. The van der Waals surface area contributed by atoms with E-state index in [2.05, 4.69) is 138 Å². The van der Waals surface area contributed by atoms with E-state index in [0.29, 0.717) is 17.5 Å². The van der Waals surface area contributed by atoms with Gasteiger partial charge < -0.3 is 0 Å². The molecule has 2 heterocycles. The van der Waals surface area contributed by atoms with Gasteiger partial charge in [-0.2, -0.15) is 0 Å². The van der Waals surface area contributed by atoms with Crippen LogP contribution in [0.4, 0.5) is 0 Å². The molecular weight excluding hydrogens is 669 g/mol. The first-order valence-electron chi connectivity index (χ1n) is 18.5. The van der Waals surface area contributed by atoms with E-state index in [9.17, 15) is 0 Å². The van der Waals surface area contributed by atoms with Gasteiger partial charge in [-0.15, -0.1) is 0 Å². The van der Waals surface area contributed by atoms with Crippen molar-refractivity contribution in [1.29, 1.82) is 0 Å². The number of rotatable bonds is 7. The topological polar surface area (TPSA) is 51.6 Å². The standard InChI is InChI=1S/C51H34N4/c1-5-13-37(14-6-1)48-53-49(38-15-7-2-8-16-38)55-50(54-48)39-23-21-35(22-24-39)40-25-27-44-45-28-26-41(36-29-31-52-32-30-36)34-47(45)51(46(44)33-40,42-17-9-3-10-18-42)43-19-11-4-12-20-43/h1-34H. The van der Waals surface area contributed by atoms with E-state index < -0.39 is 5.41 Å². The second kappa shape index (κ2) is 13.6. The Balaban J connectivity index is 1.11. The zero-order valence-electron chi connectivity index (χ0n) is 29.9. The number of aromatic nitrogens is 4. The van der Waals surface area contributed by atoms with Gasteiger partial charge in [0, 0.05) is 29.1 Å². The molecule has 0 radical (unpaired) electrons. The van der Waals surface area contributed by atoms with Gasteiger partial charge >= 0.3 is 0 Å². The Labute approximate surface area is 320 Å². The van der Waals surface area contributed by atoms with Gasteiger partial charge in [-0.05, 0) is 79.9 Å². The molecule has 1 aliphatic carbocycles. The van der Waals surface area contributed by atoms with Crippen LogP contribution in [0.3, 0.4) is 0 Å². The number of benzene rings is 7. The number of fused-ring (bicyclic) bond motifs is 3. The third kappa shape index (κ3) is 5.63. The third-order valence-electron chi connectivity index (χ3n) is 10.7. The van der Waals surface area contributed by atoms with Gasteiger partial charge in [0.25, 0.3) is 0 Å². The highest BCUT2D eigenvalue weighted by molar-refractivity contribution is 5.90. The second-order valence-electron chi connectivity index (χ2n) is 13.9. The zero-order valence-corrected chi connectivity index (χ0v) is 29.9. The Morgan fingerprint density at radius 2 is 0.636 bits per heavy atom. The first-order chi connectivity index (χ1) is 27.3. The molecule has 0 saturated carbocycles. The van der Waals surface area contributed by atoms with Crippen LogP contribution in [0.5, 0.6) is 0 Å². The molecule has 4 heteroatoms. The lowest BCUT2D eigenvalue weighted by atomic mass is 9.67. The predicted octanol–water partition coefficient (Wildman–Crippen LogP) is 12.0. The molecule has 0 saturated heterocycles. The predicted molar refractivity (Wildman–Crippen MR) is 222 cm³/mol. The monoisotopic (exact) mass is 702 g/mol. The SMILES string of the molecule is c1ccc(-c2nc(-c3ccccc3)nc(-c3ccc(-c4ccc5c(c4)C(c4ccccc4)(c4ccccc4)c4cc(-c6ccncc6)ccc4-5)cc3)n2)cc1. The number of pyridine rings is 1. The molecule has 10 rings (SSSR count). The molecule has 0 amide bonds. The minimum atomic E-state index is -0.529. The smallest absolute Gasteiger partial charge is 0.164 e. The highest BCUT2D eigenvalue weighted by Crippen LogP contribution is 2.57. The molecule has 258 valence electrons. The Bertz CT molecular complexity index is 2670. The van der Waals surface area contributed by atoms with Crippen LogP contribution in [0.25, 0.3) is 67.5 Å². The summed E-state index contributed by atoms with van der Waals surface area (Å²) in [5, 5.41) is 0. The van der Waals surface area contributed by atoms with Gasteiger partial charge in [0.1, 0.15) is 0 Å². The highest BCUT2D eigenvalue weighted by atomic mass is 15.0. The Kier molecular flexibility index (Phi) is 8.00. The zero-order chi connectivity index (χ0) is 36.6. The van der Waals surface area contributed by atoms with Gasteiger partial charge in [-0.1, -0.05) is 170 Å². The summed E-state index contributed by atoms with van der Waals surface area (Å²) in [6.45, 7) is 0. The summed E-state index contributed by atoms with van der Waals surface area (Å²) in [6.07, 6.45) is 3.73. The lowest BCUT2D eigenvalue weighted by molar-refractivity contribution is 0.769. The van der Waals surface area contributed by atoms with Crippen LogP contribution in [-0.4, -0.2) is 19.9 Å². The molecule has 1 aliphatic rings. The van der Waals surface area contributed by atoms with Gasteiger partial charge in [0.2, 0.25) is 0 Å². The van der Waals surface area contributed by atoms with Crippen molar-refractivity contribution in [2.45, 2.75) is 5.41 Å². The Morgan fingerprint density at radius 1 is 0.291 bits per heavy atom. The molecule has 0 bridgehead atoms. The van der Waals surface area contributed by atoms with Crippen LogP contribution in [0.2, 0.25) is 0 Å². The van der Waals surface area contributed by atoms with Gasteiger partial charge in [-0.3, -0.25) is 4.98 Å². The van der Waals surface area contributed by atoms with E-state index in [-0.39, 0.29) is 0 Å². The van der Waals surface area contributed by atoms with Crippen LogP contribution in [0.15, 0.2) is 207 Å². The van der Waals surface area contributed by atoms with Crippen LogP contribution >= 0.6 is 0 Å². The van der Waals surface area contributed by atoms with Crippen molar-refractivity contribution in [2.24, 2.45) is 0 Å². The van der Waals surface area contributed by atoms with Crippen LogP contribution < -0.4 is 0 Å². The van der Waals surface area contributed by atoms with Crippen molar-refractivity contribution >= 4 is 0 Å². The number of hydrogen-bond acceptors (Lipinski definition) is 4. The maximum absolute atomic E-state index is 4.96. The summed E-state index contributed by atoms with van der Waals surface area (Å²) >= 11 is 0. The van der Waals surface area contributed by atoms with Crippen LogP contribution in [-0.2, 0) is 5.41 Å². The van der Waals surface area contributed by atoms with Crippen LogP contribution in [0.1, 0.15) is 22.3 Å². The summed E-state index contributed by atoms with van der Waals surface area (Å²) in [7, 11) is 0. The van der Waals surface area contributed by atoms with Crippen LogP contribution in [0, 0.1) is 0 Å². The molecule has 0 spiro atoms. The lowest BCUT2D eigenvalue weighted by Crippen LogP contribution is -2.28. The summed E-state index contributed by atoms with van der Waals surface area (Å²) < 4.78 is 0. The molecule has 2 aromatic heterocycles. The molecule has 9 aromatic rings. The maximum Gasteiger partial charge on any atom is 0.164 e. The first-order valence-corrected chi connectivity index (χ1v) is 18.5. The minimum Gasteiger partial charge on any atom is -0.265 e. The first kappa shape index (κ1) is 32.4. The fourth-order valence-electron chi connectivity index (χ4n) is 8.14.